The normalized spacial score (nSPS) is 19.0. The van der Waals surface area contributed by atoms with Gasteiger partial charge in [0, 0.05) is 21.0 Å². The van der Waals surface area contributed by atoms with E-state index in [9.17, 15) is 0 Å². The fourth-order valence-electron chi connectivity index (χ4n) is 2.26. The van der Waals surface area contributed by atoms with Crippen LogP contribution in [0.2, 0.25) is 10.0 Å². The molecule has 1 aliphatic rings. The first-order valence-corrected chi connectivity index (χ1v) is 5.86. The van der Waals surface area contributed by atoms with Crippen LogP contribution < -0.4 is 5.73 Å². The van der Waals surface area contributed by atoms with Crippen molar-refractivity contribution in [2.24, 2.45) is 5.73 Å². The lowest BCUT2D eigenvalue weighted by Crippen LogP contribution is -2.45. The Kier molecular flexibility index (Phi) is 2.53. The molecule has 2 N–H and O–H groups in total. The predicted octanol–water partition coefficient (Wildman–Crippen LogP) is 3.76. The Bertz CT molecular complexity index is 369. The molecule has 82 valence electrons. The van der Waals surface area contributed by atoms with Crippen LogP contribution in [0.4, 0.5) is 0 Å². The molecule has 1 nitrogen and oxygen atoms in total. The molecule has 0 atom stereocenters. The Labute approximate surface area is 101 Å². The van der Waals surface area contributed by atoms with Crippen LogP contribution >= 0.6 is 23.2 Å². The van der Waals surface area contributed by atoms with Crippen molar-refractivity contribution in [2.45, 2.75) is 37.6 Å². The molecule has 3 heteroatoms. The molecule has 0 unspecified atom stereocenters. The van der Waals surface area contributed by atoms with Gasteiger partial charge in [0.05, 0.1) is 0 Å². The summed E-state index contributed by atoms with van der Waals surface area (Å²) in [5.41, 5.74) is 7.25. The molecule has 0 heterocycles. The third-order valence-corrected chi connectivity index (χ3v) is 3.83. The van der Waals surface area contributed by atoms with Crippen LogP contribution in [0.1, 0.15) is 32.3 Å². The molecular formula is C12H15Cl2N. The Hall–Kier alpha value is -0.240. The monoisotopic (exact) mass is 243 g/mol. The van der Waals surface area contributed by atoms with Gasteiger partial charge in [-0.3, -0.25) is 0 Å². The number of benzene rings is 1. The summed E-state index contributed by atoms with van der Waals surface area (Å²) in [5.74, 6) is 0. The van der Waals surface area contributed by atoms with Gasteiger partial charge >= 0.3 is 0 Å². The van der Waals surface area contributed by atoms with E-state index in [1.165, 1.54) is 5.56 Å². The quantitative estimate of drug-likeness (QED) is 0.842. The van der Waals surface area contributed by atoms with Gasteiger partial charge in [-0.15, -0.1) is 0 Å². The maximum atomic E-state index is 6.22. The van der Waals surface area contributed by atoms with Crippen LogP contribution in [0.25, 0.3) is 0 Å². The van der Waals surface area contributed by atoms with Crippen molar-refractivity contribution in [2.75, 3.05) is 0 Å². The predicted molar refractivity (Wildman–Crippen MR) is 65.6 cm³/mol. The summed E-state index contributed by atoms with van der Waals surface area (Å²) < 4.78 is 0. The smallest absolute Gasteiger partial charge is 0.0423 e. The van der Waals surface area contributed by atoms with Gasteiger partial charge in [0.15, 0.2) is 0 Å². The van der Waals surface area contributed by atoms with E-state index in [1.54, 1.807) is 6.07 Å². The minimum atomic E-state index is -0.221. The SMILES string of the molecule is CC(C)(N)C1(c2cc(Cl)cc(Cl)c2)CC1. The number of hydrogen-bond acceptors (Lipinski definition) is 1. The van der Waals surface area contributed by atoms with Crippen LogP contribution in [0.3, 0.4) is 0 Å². The molecular weight excluding hydrogens is 229 g/mol. The molecule has 1 aromatic rings. The van der Waals surface area contributed by atoms with Gasteiger partial charge in [-0.2, -0.15) is 0 Å². The molecule has 15 heavy (non-hydrogen) atoms. The van der Waals surface area contributed by atoms with Crippen LogP contribution in [0.15, 0.2) is 18.2 Å². The highest BCUT2D eigenvalue weighted by Gasteiger charge is 2.53. The highest BCUT2D eigenvalue weighted by atomic mass is 35.5. The first kappa shape index (κ1) is 11.3. The highest BCUT2D eigenvalue weighted by Crippen LogP contribution is 2.55. The average Bonchev–Trinajstić information content (AvgIpc) is 2.79. The van der Waals surface area contributed by atoms with Crippen LogP contribution in [-0.4, -0.2) is 5.54 Å². The minimum absolute atomic E-state index is 0.0710. The van der Waals surface area contributed by atoms with E-state index in [2.05, 4.69) is 13.8 Å². The second-order valence-electron chi connectivity index (χ2n) is 4.96. The van der Waals surface area contributed by atoms with Gasteiger partial charge in [-0.05, 0) is 50.5 Å². The lowest BCUT2D eigenvalue weighted by Gasteiger charge is -2.31. The zero-order chi connectivity index (χ0) is 11.3. The standard InChI is InChI=1S/C12H15Cl2N/c1-11(2,15)12(3-4-12)8-5-9(13)7-10(14)6-8/h5-7H,3-4,15H2,1-2H3. The van der Waals surface area contributed by atoms with E-state index in [-0.39, 0.29) is 11.0 Å². The number of halogens is 2. The fraction of sp³-hybridized carbons (Fsp3) is 0.500. The first-order valence-electron chi connectivity index (χ1n) is 5.11. The first-order chi connectivity index (χ1) is 6.85. The third kappa shape index (κ3) is 1.89. The van der Waals surface area contributed by atoms with Crippen molar-refractivity contribution < 1.29 is 0 Å². The van der Waals surface area contributed by atoms with E-state index in [0.717, 1.165) is 12.8 Å². The van der Waals surface area contributed by atoms with Gasteiger partial charge in [0.2, 0.25) is 0 Å². The van der Waals surface area contributed by atoms with E-state index in [0.29, 0.717) is 10.0 Å². The highest BCUT2D eigenvalue weighted by molar-refractivity contribution is 6.34. The summed E-state index contributed by atoms with van der Waals surface area (Å²) in [5, 5.41) is 1.38. The summed E-state index contributed by atoms with van der Waals surface area (Å²) in [6.07, 6.45) is 2.24. The summed E-state index contributed by atoms with van der Waals surface area (Å²) >= 11 is 12.0. The number of hydrogen-bond donors (Lipinski definition) is 1. The average molecular weight is 244 g/mol. The van der Waals surface area contributed by atoms with Gasteiger partial charge < -0.3 is 5.73 Å². The van der Waals surface area contributed by atoms with Crippen molar-refractivity contribution in [1.29, 1.82) is 0 Å². The molecule has 0 bridgehead atoms. The van der Waals surface area contributed by atoms with Crippen molar-refractivity contribution in [3.05, 3.63) is 33.8 Å². The van der Waals surface area contributed by atoms with Gasteiger partial charge in [-0.1, -0.05) is 23.2 Å². The summed E-state index contributed by atoms with van der Waals surface area (Å²) in [6.45, 7) is 4.13. The third-order valence-electron chi connectivity index (χ3n) is 3.40. The van der Waals surface area contributed by atoms with E-state index in [4.69, 9.17) is 28.9 Å². The van der Waals surface area contributed by atoms with Crippen LogP contribution in [-0.2, 0) is 5.41 Å². The molecule has 0 saturated heterocycles. The van der Waals surface area contributed by atoms with Crippen LogP contribution in [0.5, 0.6) is 0 Å². The topological polar surface area (TPSA) is 26.0 Å². The maximum absolute atomic E-state index is 6.22. The summed E-state index contributed by atoms with van der Waals surface area (Å²) in [6, 6.07) is 5.72. The zero-order valence-corrected chi connectivity index (χ0v) is 10.5. The molecule has 1 aliphatic carbocycles. The summed E-state index contributed by atoms with van der Waals surface area (Å²) in [4.78, 5) is 0. The molecule has 0 aromatic heterocycles. The Morgan fingerprint density at radius 3 is 1.93 bits per heavy atom. The fourth-order valence-corrected chi connectivity index (χ4v) is 2.79. The summed E-state index contributed by atoms with van der Waals surface area (Å²) in [7, 11) is 0. The van der Waals surface area contributed by atoms with Crippen molar-refractivity contribution >= 4 is 23.2 Å². The Balaban J connectivity index is 2.46. The lowest BCUT2D eigenvalue weighted by molar-refractivity contribution is 0.391. The Morgan fingerprint density at radius 2 is 1.60 bits per heavy atom. The molecule has 1 aromatic carbocycles. The van der Waals surface area contributed by atoms with Gasteiger partial charge in [-0.25, -0.2) is 0 Å². The van der Waals surface area contributed by atoms with Crippen molar-refractivity contribution in [1.82, 2.24) is 0 Å². The largest absolute Gasteiger partial charge is 0.325 e. The Morgan fingerprint density at radius 1 is 1.13 bits per heavy atom. The minimum Gasteiger partial charge on any atom is -0.325 e. The molecule has 2 rings (SSSR count). The van der Waals surface area contributed by atoms with Crippen molar-refractivity contribution in [3.8, 4) is 0 Å². The molecule has 0 amide bonds. The molecule has 0 aliphatic heterocycles. The lowest BCUT2D eigenvalue weighted by atomic mass is 9.79. The van der Waals surface area contributed by atoms with E-state index in [1.807, 2.05) is 12.1 Å². The molecule has 1 fully saturated rings. The number of rotatable bonds is 2. The van der Waals surface area contributed by atoms with E-state index >= 15 is 0 Å². The zero-order valence-electron chi connectivity index (χ0n) is 8.98. The molecule has 0 spiro atoms. The second-order valence-corrected chi connectivity index (χ2v) is 5.83. The van der Waals surface area contributed by atoms with Gasteiger partial charge in [0.25, 0.3) is 0 Å². The van der Waals surface area contributed by atoms with Gasteiger partial charge in [0.1, 0.15) is 0 Å². The number of nitrogens with two attached hydrogens (primary N) is 1. The molecule has 0 radical (unpaired) electrons. The van der Waals surface area contributed by atoms with Crippen molar-refractivity contribution in [3.63, 3.8) is 0 Å². The molecule has 1 saturated carbocycles. The van der Waals surface area contributed by atoms with E-state index < -0.39 is 0 Å². The van der Waals surface area contributed by atoms with Crippen LogP contribution in [0, 0.1) is 0 Å². The maximum Gasteiger partial charge on any atom is 0.0423 e. The second kappa shape index (κ2) is 3.38.